The van der Waals surface area contributed by atoms with Crippen LogP contribution in [-0.2, 0) is 10.1 Å². The fraction of sp³-hybridized carbons (Fsp3) is 0. The molecule has 7 heteroatoms. The van der Waals surface area contributed by atoms with Gasteiger partial charge in [0, 0.05) is 21.9 Å². The summed E-state index contributed by atoms with van der Waals surface area (Å²) < 4.78 is 31.4. The summed E-state index contributed by atoms with van der Waals surface area (Å²) >= 11 is 11.6. The summed E-state index contributed by atoms with van der Waals surface area (Å²) in [7, 11) is -4.46. The van der Waals surface area contributed by atoms with E-state index in [9.17, 15) is 13.5 Å². The summed E-state index contributed by atoms with van der Waals surface area (Å²) in [5.41, 5.74) is 0. The predicted molar refractivity (Wildman–Crippen MR) is 65.4 cm³/mol. The second kappa shape index (κ2) is 4.03. The van der Waals surface area contributed by atoms with E-state index in [1.165, 1.54) is 18.2 Å². The van der Waals surface area contributed by atoms with Gasteiger partial charge in [-0.25, -0.2) is 0 Å². The van der Waals surface area contributed by atoms with Gasteiger partial charge in [-0.2, -0.15) is 8.42 Å². The summed E-state index contributed by atoms with van der Waals surface area (Å²) in [6.45, 7) is 0. The van der Waals surface area contributed by atoms with E-state index >= 15 is 0 Å². The lowest BCUT2D eigenvalue weighted by molar-refractivity contribution is 0.468. The second-order valence-electron chi connectivity index (χ2n) is 3.40. The van der Waals surface area contributed by atoms with Gasteiger partial charge in [-0.15, -0.1) is 0 Å². The van der Waals surface area contributed by atoms with Crippen molar-refractivity contribution in [2.24, 2.45) is 0 Å². The number of hydrogen-bond acceptors (Lipinski definition) is 3. The first-order chi connectivity index (χ1) is 7.79. The van der Waals surface area contributed by atoms with Crippen molar-refractivity contribution in [1.82, 2.24) is 0 Å². The standard InChI is InChI=1S/C10H6Cl2O4S/c11-5-1-8-7(9(12)2-5)3-6(13)4-10(8)17(14,15)16/h1-4,13H,(H,14,15,16). The van der Waals surface area contributed by atoms with Crippen molar-refractivity contribution in [3.63, 3.8) is 0 Å². The van der Waals surface area contributed by atoms with Gasteiger partial charge in [0.25, 0.3) is 10.1 Å². The van der Waals surface area contributed by atoms with Gasteiger partial charge in [-0.3, -0.25) is 4.55 Å². The van der Waals surface area contributed by atoms with E-state index in [1.807, 2.05) is 0 Å². The van der Waals surface area contributed by atoms with E-state index < -0.39 is 15.0 Å². The highest BCUT2D eigenvalue weighted by molar-refractivity contribution is 7.86. The molecular formula is C10H6Cl2O4S. The quantitative estimate of drug-likeness (QED) is 0.792. The zero-order valence-corrected chi connectivity index (χ0v) is 10.5. The molecule has 2 aromatic rings. The summed E-state index contributed by atoms with van der Waals surface area (Å²) in [4.78, 5) is -0.433. The number of phenolic OH excluding ortho intramolecular Hbond substituents is 1. The van der Waals surface area contributed by atoms with Crippen molar-refractivity contribution in [2.45, 2.75) is 4.90 Å². The van der Waals surface area contributed by atoms with Crippen LogP contribution in [0, 0.1) is 0 Å². The lowest BCUT2D eigenvalue weighted by atomic mass is 10.1. The zero-order chi connectivity index (χ0) is 12.8. The van der Waals surface area contributed by atoms with E-state index in [4.69, 9.17) is 27.8 Å². The maximum atomic E-state index is 11.2. The van der Waals surface area contributed by atoms with Crippen LogP contribution in [0.15, 0.2) is 29.2 Å². The molecule has 0 atom stereocenters. The van der Waals surface area contributed by atoms with Crippen molar-refractivity contribution in [2.75, 3.05) is 0 Å². The fourth-order valence-electron chi connectivity index (χ4n) is 1.55. The third-order valence-electron chi connectivity index (χ3n) is 2.21. The third-order valence-corrected chi connectivity index (χ3v) is 3.63. The van der Waals surface area contributed by atoms with Crippen molar-refractivity contribution in [3.8, 4) is 5.75 Å². The van der Waals surface area contributed by atoms with Crippen molar-refractivity contribution >= 4 is 44.1 Å². The smallest absolute Gasteiger partial charge is 0.295 e. The van der Waals surface area contributed by atoms with Crippen LogP contribution in [0.5, 0.6) is 5.75 Å². The molecule has 0 aliphatic carbocycles. The first-order valence-electron chi connectivity index (χ1n) is 4.38. The van der Waals surface area contributed by atoms with E-state index in [0.29, 0.717) is 5.39 Å². The van der Waals surface area contributed by atoms with Gasteiger partial charge in [0.1, 0.15) is 10.6 Å². The van der Waals surface area contributed by atoms with Gasteiger partial charge < -0.3 is 5.11 Å². The fourth-order valence-corrected chi connectivity index (χ4v) is 2.81. The van der Waals surface area contributed by atoms with E-state index in [0.717, 1.165) is 6.07 Å². The molecule has 2 N–H and O–H groups in total. The van der Waals surface area contributed by atoms with Gasteiger partial charge in [0.15, 0.2) is 0 Å². The first kappa shape index (κ1) is 12.4. The molecule has 0 unspecified atom stereocenters. The molecule has 2 aromatic carbocycles. The average Bonchev–Trinajstić information content (AvgIpc) is 2.16. The number of aromatic hydroxyl groups is 1. The third kappa shape index (κ3) is 2.32. The Labute approximate surface area is 107 Å². The molecule has 4 nitrogen and oxygen atoms in total. The number of rotatable bonds is 1. The molecule has 0 fully saturated rings. The predicted octanol–water partition coefficient (Wildman–Crippen LogP) is 3.10. The minimum absolute atomic E-state index is 0.155. The number of fused-ring (bicyclic) bond motifs is 1. The molecular weight excluding hydrogens is 287 g/mol. The SMILES string of the molecule is O=S(=O)(O)c1cc(O)cc2c(Cl)cc(Cl)cc12. The van der Waals surface area contributed by atoms with Crippen LogP contribution >= 0.6 is 23.2 Å². The Morgan fingerprint density at radius 3 is 2.24 bits per heavy atom. The lowest BCUT2D eigenvalue weighted by Gasteiger charge is -2.07. The van der Waals surface area contributed by atoms with Gasteiger partial charge in [0.05, 0.1) is 5.02 Å². The molecule has 0 spiro atoms. The van der Waals surface area contributed by atoms with Crippen LogP contribution in [0.3, 0.4) is 0 Å². The molecule has 90 valence electrons. The Kier molecular flexibility index (Phi) is 2.95. The highest BCUT2D eigenvalue weighted by Crippen LogP contribution is 2.34. The molecule has 0 aliphatic rings. The maximum Gasteiger partial charge on any atom is 0.295 e. The Morgan fingerprint density at radius 2 is 1.65 bits per heavy atom. The number of halogens is 2. The van der Waals surface area contributed by atoms with Gasteiger partial charge in [-0.1, -0.05) is 23.2 Å². The van der Waals surface area contributed by atoms with Crippen molar-refractivity contribution < 1.29 is 18.1 Å². The minimum atomic E-state index is -4.46. The van der Waals surface area contributed by atoms with Gasteiger partial charge in [-0.05, 0) is 18.2 Å². The number of phenols is 1. The molecule has 0 radical (unpaired) electrons. The molecule has 0 saturated carbocycles. The largest absolute Gasteiger partial charge is 0.508 e. The summed E-state index contributed by atoms with van der Waals surface area (Å²) in [5.74, 6) is -0.311. The lowest BCUT2D eigenvalue weighted by Crippen LogP contribution is -1.99. The Balaban J connectivity index is 3.03. The monoisotopic (exact) mass is 292 g/mol. The molecule has 17 heavy (non-hydrogen) atoms. The van der Waals surface area contributed by atoms with Crippen LogP contribution in [0.1, 0.15) is 0 Å². The molecule has 0 aromatic heterocycles. The van der Waals surface area contributed by atoms with E-state index in [2.05, 4.69) is 0 Å². The number of benzene rings is 2. The van der Waals surface area contributed by atoms with Crippen LogP contribution in [-0.4, -0.2) is 18.1 Å². The summed E-state index contributed by atoms with van der Waals surface area (Å²) in [6, 6.07) is 5.00. The minimum Gasteiger partial charge on any atom is -0.508 e. The maximum absolute atomic E-state index is 11.2. The van der Waals surface area contributed by atoms with Crippen LogP contribution in [0.4, 0.5) is 0 Å². The molecule has 2 rings (SSSR count). The second-order valence-corrected chi connectivity index (χ2v) is 5.64. The van der Waals surface area contributed by atoms with Gasteiger partial charge >= 0.3 is 0 Å². The topological polar surface area (TPSA) is 74.6 Å². The van der Waals surface area contributed by atoms with Crippen LogP contribution < -0.4 is 0 Å². The summed E-state index contributed by atoms with van der Waals surface area (Å²) in [6.07, 6.45) is 0. The molecule has 0 heterocycles. The number of hydrogen-bond donors (Lipinski definition) is 2. The average molecular weight is 293 g/mol. The van der Waals surface area contributed by atoms with Crippen molar-refractivity contribution in [1.29, 1.82) is 0 Å². The molecule has 0 saturated heterocycles. The Bertz CT molecular complexity index is 710. The van der Waals surface area contributed by atoms with Crippen molar-refractivity contribution in [3.05, 3.63) is 34.3 Å². The highest BCUT2D eigenvalue weighted by Gasteiger charge is 2.17. The molecule has 0 aliphatic heterocycles. The first-order valence-corrected chi connectivity index (χ1v) is 6.58. The zero-order valence-electron chi connectivity index (χ0n) is 8.18. The normalized spacial score (nSPS) is 11.9. The van der Waals surface area contributed by atoms with Gasteiger partial charge in [0.2, 0.25) is 0 Å². The Morgan fingerprint density at radius 1 is 1.00 bits per heavy atom. The summed E-state index contributed by atoms with van der Waals surface area (Å²) in [5, 5.41) is 10.3. The highest BCUT2D eigenvalue weighted by atomic mass is 35.5. The van der Waals surface area contributed by atoms with Crippen LogP contribution in [0.25, 0.3) is 10.8 Å². The molecule has 0 amide bonds. The van der Waals surface area contributed by atoms with E-state index in [-0.39, 0.29) is 21.2 Å². The Hall–Kier alpha value is -1.01. The van der Waals surface area contributed by atoms with Crippen LogP contribution in [0.2, 0.25) is 10.0 Å². The molecule has 0 bridgehead atoms. The van der Waals surface area contributed by atoms with E-state index in [1.54, 1.807) is 0 Å².